The molecule has 112 valence electrons. The molecular formula is C15H17NO5. The van der Waals surface area contributed by atoms with E-state index in [1.54, 1.807) is 6.07 Å². The van der Waals surface area contributed by atoms with Crippen molar-refractivity contribution in [2.24, 2.45) is 0 Å². The highest BCUT2D eigenvalue weighted by Gasteiger charge is 2.13. The van der Waals surface area contributed by atoms with Crippen LogP contribution in [0.25, 0.3) is 11.0 Å². The van der Waals surface area contributed by atoms with Crippen LogP contribution in [0.3, 0.4) is 0 Å². The van der Waals surface area contributed by atoms with Crippen LogP contribution in [0, 0.1) is 0 Å². The number of furan rings is 1. The van der Waals surface area contributed by atoms with Crippen molar-refractivity contribution in [2.45, 2.75) is 25.7 Å². The molecule has 0 saturated carbocycles. The Kier molecular flexibility index (Phi) is 4.47. The number of benzene rings is 1. The summed E-state index contributed by atoms with van der Waals surface area (Å²) in [6.07, 6.45) is 1.08. The van der Waals surface area contributed by atoms with Gasteiger partial charge >= 0.3 is 11.9 Å². The molecule has 0 aliphatic rings. The van der Waals surface area contributed by atoms with E-state index in [-0.39, 0.29) is 18.8 Å². The number of aliphatic carboxylic acids is 1. The van der Waals surface area contributed by atoms with E-state index in [0.29, 0.717) is 29.9 Å². The zero-order valence-electron chi connectivity index (χ0n) is 11.7. The van der Waals surface area contributed by atoms with Crippen molar-refractivity contribution in [3.8, 4) is 0 Å². The third kappa shape index (κ3) is 3.53. The molecule has 0 aliphatic carbocycles. The number of carboxylic acid groups (broad SMARTS) is 1. The van der Waals surface area contributed by atoms with Gasteiger partial charge < -0.3 is 20.0 Å². The van der Waals surface area contributed by atoms with Gasteiger partial charge in [-0.3, -0.25) is 9.59 Å². The molecule has 0 unspecified atom stereocenters. The van der Waals surface area contributed by atoms with Crippen LogP contribution in [0.1, 0.15) is 24.2 Å². The van der Waals surface area contributed by atoms with Gasteiger partial charge in [-0.2, -0.15) is 0 Å². The highest BCUT2D eigenvalue weighted by Crippen LogP contribution is 2.30. The Balaban J connectivity index is 2.20. The normalized spacial score (nSPS) is 10.7. The van der Waals surface area contributed by atoms with E-state index in [4.69, 9.17) is 15.3 Å². The monoisotopic (exact) mass is 291 g/mol. The Morgan fingerprint density at radius 3 is 2.71 bits per heavy atom. The number of carbonyl (C=O) groups is 2. The Bertz CT molecular complexity index is 674. The molecular weight excluding hydrogens is 274 g/mol. The number of esters is 1. The number of carbonyl (C=O) groups excluding carboxylic acids is 1. The zero-order chi connectivity index (χ0) is 15.4. The Hall–Kier alpha value is -2.50. The summed E-state index contributed by atoms with van der Waals surface area (Å²) in [5, 5.41) is 9.45. The van der Waals surface area contributed by atoms with Crippen molar-refractivity contribution in [3.05, 3.63) is 29.5 Å². The van der Waals surface area contributed by atoms with Crippen LogP contribution in [-0.2, 0) is 27.2 Å². The lowest BCUT2D eigenvalue weighted by atomic mass is 10.1. The minimum atomic E-state index is -0.895. The van der Waals surface area contributed by atoms with Gasteiger partial charge in [0, 0.05) is 18.2 Å². The third-order valence-electron chi connectivity index (χ3n) is 3.28. The van der Waals surface area contributed by atoms with E-state index in [1.807, 2.05) is 12.1 Å². The molecule has 6 nitrogen and oxygen atoms in total. The number of hydrogen-bond acceptors (Lipinski definition) is 5. The molecule has 1 aromatic heterocycles. The van der Waals surface area contributed by atoms with Crippen molar-refractivity contribution < 1.29 is 23.8 Å². The van der Waals surface area contributed by atoms with Crippen molar-refractivity contribution in [3.63, 3.8) is 0 Å². The molecule has 6 heteroatoms. The highest BCUT2D eigenvalue weighted by atomic mass is 16.5. The fourth-order valence-corrected chi connectivity index (χ4v) is 2.12. The lowest BCUT2D eigenvalue weighted by Gasteiger charge is -2.00. The number of hydrogen-bond donors (Lipinski definition) is 2. The number of anilines is 1. The predicted molar refractivity (Wildman–Crippen MR) is 76.9 cm³/mol. The van der Waals surface area contributed by atoms with E-state index in [9.17, 15) is 9.59 Å². The molecule has 0 radical (unpaired) electrons. The summed E-state index contributed by atoms with van der Waals surface area (Å²) in [5.74, 6) is -0.677. The molecule has 1 heterocycles. The minimum absolute atomic E-state index is 0.0286. The molecule has 2 aromatic rings. The number of fused-ring (bicyclic) bond motifs is 1. The molecule has 0 saturated heterocycles. The average Bonchev–Trinajstić information content (AvgIpc) is 2.79. The zero-order valence-corrected chi connectivity index (χ0v) is 11.7. The first kappa shape index (κ1) is 14.9. The molecule has 21 heavy (non-hydrogen) atoms. The predicted octanol–water partition coefficient (Wildman–Crippen LogP) is 2.14. The topological polar surface area (TPSA) is 103 Å². The maximum atomic E-state index is 11.1. The van der Waals surface area contributed by atoms with Gasteiger partial charge in [0.25, 0.3) is 0 Å². The van der Waals surface area contributed by atoms with Crippen LogP contribution in [-0.4, -0.2) is 24.2 Å². The smallest absolute Gasteiger partial charge is 0.305 e. The van der Waals surface area contributed by atoms with E-state index in [0.717, 1.165) is 10.9 Å². The quantitative estimate of drug-likeness (QED) is 0.790. The second-order valence-corrected chi connectivity index (χ2v) is 4.74. The summed E-state index contributed by atoms with van der Waals surface area (Å²) in [5.41, 5.74) is 8.03. The molecule has 0 fully saturated rings. The van der Waals surface area contributed by atoms with Gasteiger partial charge in [-0.25, -0.2) is 0 Å². The lowest BCUT2D eigenvalue weighted by molar-refractivity contribution is -0.140. The van der Waals surface area contributed by atoms with Crippen LogP contribution >= 0.6 is 0 Å². The Morgan fingerprint density at radius 1 is 1.29 bits per heavy atom. The van der Waals surface area contributed by atoms with Gasteiger partial charge in [-0.1, -0.05) is 6.07 Å². The van der Waals surface area contributed by atoms with Crippen LogP contribution in [0.15, 0.2) is 22.6 Å². The Morgan fingerprint density at radius 2 is 2.05 bits per heavy atom. The first-order valence-corrected chi connectivity index (χ1v) is 6.59. The summed E-state index contributed by atoms with van der Waals surface area (Å²) >= 11 is 0. The molecule has 0 spiro atoms. The fourth-order valence-electron chi connectivity index (χ4n) is 2.12. The maximum absolute atomic E-state index is 11.1. The number of rotatable bonds is 6. The van der Waals surface area contributed by atoms with Crippen molar-refractivity contribution in [1.82, 2.24) is 0 Å². The van der Waals surface area contributed by atoms with Crippen molar-refractivity contribution in [2.75, 3.05) is 12.8 Å². The first-order chi connectivity index (χ1) is 10.0. The van der Waals surface area contributed by atoms with Crippen molar-refractivity contribution >= 4 is 28.6 Å². The number of ether oxygens (including phenoxy) is 1. The molecule has 0 atom stereocenters. The first-order valence-electron chi connectivity index (χ1n) is 6.59. The van der Waals surface area contributed by atoms with E-state index in [2.05, 4.69) is 4.74 Å². The summed E-state index contributed by atoms with van der Waals surface area (Å²) < 4.78 is 10.2. The van der Waals surface area contributed by atoms with Crippen LogP contribution in [0.2, 0.25) is 0 Å². The van der Waals surface area contributed by atoms with Crippen LogP contribution < -0.4 is 5.73 Å². The summed E-state index contributed by atoms with van der Waals surface area (Å²) in [7, 11) is 1.36. The summed E-state index contributed by atoms with van der Waals surface area (Å²) in [4.78, 5) is 21.8. The number of nitrogens with two attached hydrogens (primary N) is 1. The SMILES string of the molecule is COC(=O)CCc1ccc2oc(CCC(=O)O)c(N)c2c1. The van der Waals surface area contributed by atoms with Crippen LogP contribution in [0.5, 0.6) is 0 Å². The van der Waals surface area contributed by atoms with Gasteiger partial charge in [0.1, 0.15) is 11.3 Å². The molecule has 0 bridgehead atoms. The highest BCUT2D eigenvalue weighted by molar-refractivity contribution is 5.91. The number of nitrogen functional groups attached to an aromatic ring is 1. The van der Waals surface area contributed by atoms with E-state index < -0.39 is 5.97 Å². The second-order valence-electron chi connectivity index (χ2n) is 4.74. The molecule has 0 amide bonds. The second kappa shape index (κ2) is 6.30. The van der Waals surface area contributed by atoms with Crippen LogP contribution in [0.4, 0.5) is 5.69 Å². The minimum Gasteiger partial charge on any atom is -0.481 e. The van der Waals surface area contributed by atoms with E-state index in [1.165, 1.54) is 7.11 Å². The Labute approximate surface area is 121 Å². The van der Waals surface area contributed by atoms with Gasteiger partial charge in [0.2, 0.25) is 0 Å². The largest absolute Gasteiger partial charge is 0.481 e. The van der Waals surface area contributed by atoms with Crippen molar-refractivity contribution in [1.29, 1.82) is 0 Å². The fraction of sp³-hybridized carbons (Fsp3) is 0.333. The summed E-state index contributed by atoms with van der Waals surface area (Å²) in [6, 6.07) is 5.50. The number of methoxy groups -OCH3 is 1. The third-order valence-corrected chi connectivity index (χ3v) is 3.28. The van der Waals surface area contributed by atoms with E-state index >= 15 is 0 Å². The standard InChI is InChI=1S/C15H17NO5/c1-20-14(19)7-3-9-2-4-11-10(8-9)15(16)12(21-11)5-6-13(17)18/h2,4,8H,3,5-7,16H2,1H3,(H,17,18). The molecule has 1 aromatic carbocycles. The lowest BCUT2D eigenvalue weighted by Crippen LogP contribution is -2.01. The average molecular weight is 291 g/mol. The van der Waals surface area contributed by atoms with Gasteiger partial charge in [0.05, 0.1) is 19.2 Å². The van der Waals surface area contributed by atoms with Gasteiger partial charge in [-0.15, -0.1) is 0 Å². The maximum Gasteiger partial charge on any atom is 0.305 e. The summed E-state index contributed by atoms with van der Waals surface area (Å²) in [6.45, 7) is 0. The van der Waals surface area contributed by atoms with Gasteiger partial charge in [-0.05, 0) is 24.1 Å². The molecule has 0 aliphatic heterocycles. The van der Waals surface area contributed by atoms with Gasteiger partial charge in [0.15, 0.2) is 0 Å². The number of carboxylic acids is 1. The number of aryl methyl sites for hydroxylation is 2. The molecule has 3 N–H and O–H groups in total. The molecule has 2 rings (SSSR count).